The van der Waals surface area contributed by atoms with Gasteiger partial charge in [0.15, 0.2) is 0 Å². The molecule has 0 radical (unpaired) electrons. The number of esters is 1. The van der Waals surface area contributed by atoms with Crippen molar-refractivity contribution in [2.45, 2.75) is 52.4 Å². The maximum Gasteiger partial charge on any atom is 0.302 e. The quantitative estimate of drug-likeness (QED) is 0.639. The molecule has 4 heteroatoms. The Labute approximate surface area is 126 Å². The van der Waals surface area contributed by atoms with Crippen LogP contribution in [0.3, 0.4) is 0 Å². The lowest BCUT2D eigenvalue weighted by Crippen LogP contribution is -2.36. The maximum absolute atomic E-state index is 11.1. The van der Waals surface area contributed by atoms with Crippen molar-refractivity contribution in [3.05, 3.63) is 23.8 Å². The van der Waals surface area contributed by atoms with E-state index in [9.17, 15) is 9.90 Å². The first kappa shape index (κ1) is 16.2. The van der Waals surface area contributed by atoms with Gasteiger partial charge in [0.1, 0.15) is 12.7 Å². The lowest BCUT2D eigenvalue weighted by atomic mass is 9.87. The fraction of sp³-hybridized carbons (Fsp3) is 0.706. The second-order valence-electron chi connectivity index (χ2n) is 6.45. The highest BCUT2D eigenvalue weighted by Gasteiger charge is 2.47. The zero-order valence-electron chi connectivity index (χ0n) is 13.3. The van der Waals surface area contributed by atoms with Crippen LogP contribution in [0.15, 0.2) is 23.8 Å². The molecule has 1 aliphatic carbocycles. The van der Waals surface area contributed by atoms with Crippen LogP contribution >= 0.6 is 0 Å². The highest BCUT2D eigenvalue weighted by Crippen LogP contribution is 2.47. The van der Waals surface area contributed by atoms with E-state index in [-0.39, 0.29) is 36.6 Å². The van der Waals surface area contributed by atoms with Gasteiger partial charge >= 0.3 is 5.97 Å². The minimum Gasteiger partial charge on any atom is -0.461 e. The molecule has 1 aliphatic heterocycles. The Morgan fingerprint density at radius 3 is 2.76 bits per heavy atom. The minimum atomic E-state index is -0.477. The summed E-state index contributed by atoms with van der Waals surface area (Å²) < 4.78 is 11.2. The smallest absolute Gasteiger partial charge is 0.302 e. The fourth-order valence-electron chi connectivity index (χ4n) is 3.62. The van der Waals surface area contributed by atoms with Gasteiger partial charge in [-0.25, -0.2) is 0 Å². The van der Waals surface area contributed by atoms with E-state index in [2.05, 4.69) is 20.4 Å². The largest absolute Gasteiger partial charge is 0.461 e. The Balaban J connectivity index is 2.38. The van der Waals surface area contributed by atoms with E-state index < -0.39 is 6.10 Å². The molecule has 2 aliphatic rings. The van der Waals surface area contributed by atoms with Gasteiger partial charge in [-0.2, -0.15) is 0 Å². The third-order valence-corrected chi connectivity index (χ3v) is 4.79. The molecule has 0 aromatic rings. The molecule has 1 unspecified atom stereocenters. The second kappa shape index (κ2) is 6.32. The number of ether oxygens (including phenoxy) is 2. The number of carbonyl (C=O) groups excluding carboxylic acids is 1. The number of hydrogen-bond acceptors (Lipinski definition) is 4. The van der Waals surface area contributed by atoms with Crippen molar-refractivity contribution in [2.24, 2.45) is 17.8 Å². The predicted octanol–water partition coefficient (Wildman–Crippen LogP) is 2.47. The maximum atomic E-state index is 11.1. The SMILES string of the molecule is C=C[C@@H]1O[C@H](C)[C@@H]2C[C@H](C(C)C)C(O)C2=C1COC(C)=O. The highest BCUT2D eigenvalue weighted by molar-refractivity contribution is 5.66. The first-order chi connectivity index (χ1) is 9.86. The van der Waals surface area contributed by atoms with Gasteiger partial charge in [0.05, 0.1) is 12.2 Å². The average molecular weight is 294 g/mol. The van der Waals surface area contributed by atoms with E-state index in [1.165, 1.54) is 6.92 Å². The van der Waals surface area contributed by atoms with Crippen molar-refractivity contribution in [1.82, 2.24) is 0 Å². The van der Waals surface area contributed by atoms with Crippen molar-refractivity contribution >= 4 is 5.97 Å². The zero-order chi connectivity index (χ0) is 15.7. The molecular weight excluding hydrogens is 268 g/mol. The van der Waals surface area contributed by atoms with Gasteiger partial charge < -0.3 is 14.6 Å². The molecule has 1 fully saturated rings. The van der Waals surface area contributed by atoms with Crippen molar-refractivity contribution in [1.29, 1.82) is 0 Å². The minimum absolute atomic E-state index is 0.0440. The molecule has 0 bridgehead atoms. The zero-order valence-corrected chi connectivity index (χ0v) is 13.3. The molecule has 0 aromatic heterocycles. The normalized spacial score (nSPS) is 35.8. The summed E-state index contributed by atoms with van der Waals surface area (Å²) in [5, 5.41) is 10.7. The van der Waals surface area contributed by atoms with Crippen LogP contribution in [0, 0.1) is 17.8 Å². The summed E-state index contributed by atoms with van der Waals surface area (Å²) in [6.45, 7) is 11.7. The van der Waals surface area contributed by atoms with E-state index in [1.54, 1.807) is 6.08 Å². The van der Waals surface area contributed by atoms with Gasteiger partial charge in [0.25, 0.3) is 0 Å². The van der Waals surface area contributed by atoms with E-state index in [0.717, 1.165) is 17.6 Å². The number of aliphatic hydroxyl groups excluding tert-OH is 1. The molecule has 4 nitrogen and oxygen atoms in total. The predicted molar refractivity (Wildman–Crippen MR) is 80.6 cm³/mol. The summed E-state index contributed by atoms with van der Waals surface area (Å²) in [6, 6.07) is 0. The summed E-state index contributed by atoms with van der Waals surface area (Å²) in [4.78, 5) is 11.1. The second-order valence-corrected chi connectivity index (χ2v) is 6.45. The number of aliphatic hydroxyl groups is 1. The van der Waals surface area contributed by atoms with Crippen molar-refractivity contribution in [2.75, 3.05) is 6.61 Å². The van der Waals surface area contributed by atoms with Gasteiger partial charge in [-0.3, -0.25) is 4.79 Å². The fourth-order valence-corrected chi connectivity index (χ4v) is 3.62. The molecule has 1 N–H and O–H groups in total. The molecule has 0 spiro atoms. The Bertz CT molecular complexity index is 452. The molecule has 21 heavy (non-hydrogen) atoms. The summed E-state index contributed by atoms with van der Waals surface area (Å²) >= 11 is 0. The lowest BCUT2D eigenvalue weighted by Gasteiger charge is -2.35. The van der Waals surface area contributed by atoms with Crippen LogP contribution < -0.4 is 0 Å². The number of hydrogen-bond donors (Lipinski definition) is 1. The molecule has 0 aromatic carbocycles. The van der Waals surface area contributed by atoms with E-state index in [0.29, 0.717) is 5.92 Å². The summed E-state index contributed by atoms with van der Waals surface area (Å²) in [5.74, 6) is 0.512. The van der Waals surface area contributed by atoms with Crippen LogP contribution in [0.5, 0.6) is 0 Å². The van der Waals surface area contributed by atoms with Crippen LogP contribution in [0.2, 0.25) is 0 Å². The van der Waals surface area contributed by atoms with Gasteiger partial charge in [0, 0.05) is 18.4 Å². The van der Waals surface area contributed by atoms with Gasteiger partial charge in [-0.1, -0.05) is 19.9 Å². The summed E-state index contributed by atoms with van der Waals surface area (Å²) in [6.07, 6.45) is 1.92. The number of rotatable bonds is 4. The van der Waals surface area contributed by atoms with Crippen molar-refractivity contribution in [3.8, 4) is 0 Å². The Morgan fingerprint density at radius 2 is 2.24 bits per heavy atom. The Morgan fingerprint density at radius 1 is 1.57 bits per heavy atom. The van der Waals surface area contributed by atoms with Crippen molar-refractivity contribution in [3.63, 3.8) is 0 Å². The van der Waals surface area contributed by atoms with Gasteiger partial charge in [-0.05, 0) is 30.8 Å². The number of carbonyl (C=O) groups is 1. The molecule has 1 heterocycles. The van der Waals surface area contributed by atoms with Crippen molar-refractivity contribution < 1.29 is 19.4 Å². The van der Waals surface area contributed by atoms with Crippen LogP contribution in [0.1, 0.15) is 34.1 Å². The van der Waals surface area contributed by atoms with Crippen LogP contribution in [0.4, 0.5) is 0 Å². The van der Waals surface area contributed by atoms with Crippen LogP contribution in [0.25, 0.3) is 0 Å². The highest BCUT2D eigenvalue weighted by atomic mass is 16.5. The first-order valence-electron chi connectivity index (χ1n) is 7.69. The third-order valence-electron chi connectivity index (χ3n) is 4.79. The third kappa shape index (κ3) is 3.06. The number of fused-ring (bicyclic) bond motifs is 1. The molecule has 0 amide bonds. The van der Waals surface area contributed by atoms with E-state index in [4.69, 9.17) is 9.47 Å². The van der Waals surface area contributed by atoms with Gasteiger partial charge in [0.2, 0.25) is 0 Å². The lowest BCUT2D eigenvalue weighted by molar-refractivity contribution is -0.140. The molecule has 2 rings (SSSR count). The molecular formula is C17H26O4. The molecule has 1 saturated carbocycles. The van der Waals surface area contributed by atoms with Crippen LogP contribution in [-0.2, 0) is 14.3 Å². The average Bonchev–Trinajstić information content (AvgIpc) is 2.76. The monoisotopic (exact) mass is 294 g/mol. The topological polar surface area (TPSA) is 55.8 Å². The Hall–Kier alpha value is -1.13. The molecule has 0 saturated heterocycles. The van der Waals surface area contributed by atoms with Crippen LogP contribution in [-0.4, -0.2) is 36.0 Å². The van der Waals surface area contributed by atoms with E-state index >= 15 is 0 Å². The molecule has 5 atom stereocenters. The first-order valence-corrected chi connectivity index (χ1v) is 7.69. The standard InChI is InChI=1S/C17H26O4/c1-6-15-14(8-20-11(5)18)16-13(10(4)21-15)7-12(9(2)3)17(16)19/h6,9-10,12-13,15,17,19H,1,7-8H2,2-5H3/t10-,12-,13+,15+,17?/m1/s1. The van der Waals surface area contributed by atoms with E-state index in [1.807, 2.05) is 6.92 Å². The molecule has 118 valence electrons. The van der Waals surface area contributed by atoms with Gasteiger partial charge in [-0.15, -0.1) is 6.58 Å². The summed E-state index contributed by atoms with van der Waals surface area (Å²) in [7, 11) is 0. The summed E-state index contributed by atoms with van der Waals surface area (Å²) in [5.41, 5.74) is 1.89. The Kier molecular flexibility index (Phi) is 4.89.